The van der Waals surface area contributed by atoms with E-state index in [0.29, 0.717) is 28.7 Å². The quantitative estimate of drug-likeness (QED) is 0.150. The van der Waals surface area contributed by atoms with Crippen LogP contribution in [0.5, 0.6) is 17.2 Å². The maximum atomic E-state index is 12.2. The minimum absolute atomic E-state index is 0.0406. The molecule has 0 saturated heterocycles. The van der Waals surface area contributed by atoms with Crippen molar-refractivity contribution in [3.63, 3.8) is 0 Å². The maximum absolute atomic E-state index is 12.2. The Morgan fingerprint density at radius 2 is 1.74 bits per heavy atom. The summed E-state index contributed by atoms with van der Waals surface area (Å²) in [6, 6.07) is 18.1. The van der Waals surface area contributed by atoms with Crippen LogP contribution in [0.2, 0.25) is 5.02 Å². The molecule has 0 atom stereocenters. The molecule has 3 aromatic carbocycles. The molecular formula is C26H25ClN2O5. The number of oxime groups is 1. The summed E-state index contributed by atoms with van der Waals surface area (Å²) in [7, 11) is 3.08. The number of amidine groups is 1. The largest absolute Gasteiger partial charge is 0.496 e. The van der Waals surface area contributed by atoms with Crippen molar-refractivity contribution in [2.24, 2.45) is 10.9 Å². The summed E-state index contributed by atoms with van der Waals surface area (Å²) in [5.74, 6) is 1.19. The normalized spacial score (nSPS) is 11.4. The van der Waals surface area contributed by atoms with Gasteiger partial charge in [0.15, 0.2) is 5.84 Å². The van der Waals surface area contributed by atoms with Gasteiger partial charge in [-0.05, 0) is 60.5 Å². The Kier molecular flexibility index (Phi) is 8.54. The Morgan fingerprint density at radius 1 is 1.00 bits per heavy atom. The third kappa shape index (κ3) is 6.52. The van der Waals surface area contributed by atoms with Crippen molar-refractivity contribution in [1.82, 2.24) is 0 Å². The highest BCUT2D eigenvalue weighted by atomic mass is 35.5. The first kappa shape index (κ1) is 24.7. The van der Waals surface area contributed by atoms with E-state index in [0.717, 1.165) is 22.4 Å². The van der Waals surface area contributed by atoms with Gasteiger partial charge in [0.25, 0.3) is 0 Å². The average molecular weight is 481 g/mol. The first-order valence-electron chi connectivity index (χ1n) is 10.3. The van der Waals surface area contributed by atoms with Crippen LogP contribution < -0.4 is 19.9 Å². The van der Waals surface area contributed by atoms with E-state index in [1.807, 2.05) is 49.4 Å². The van der Waals surface area contributed by atoms with Crippen LogP contribution in [0.25, 0.3) is 6.08 Å². The maximum Gasteiger partial charge on any atom is 0.358 e. The lowest BCUT2D eigenvalue weighted by atomic mass is 10.1. The number of hydrogen-bond donors (Lipinski definition) is 1. The molecule has 2 N–H and O–H groups in total. The predicted octanol–water partition coefficient (Wildman–Crippen LogP) is 5.12. The number of halogens is 1. The number of nitrogens with two attached hydrogens (primary N) is 1. The molecule has 8 heteroatoms. The van der Waals surface area contributed by atoms with Gasteiger partial charge in [-0.3, -0.25) is 0 Å². The number of nitrogens with zero attached hydrogens (tertiary/aromatic N) is 1. The molecule has 0 aliphatic carbocycles. The molecule has 0 amide bonds. The zero-order chi connectivity index (χ0) is 24.5. The second-order valence-corrected chi connectivity index (χ2v) is 7.63. The van der Waals surface area contributed by atoms with Gasteiger partial charge < -0.3 is 24.8 Å². The molecule has 34 heavy (non-hydrogen) atoms. The smallest absolute Gasteiger partial charge is 0.358 e. The molecule has 3 rings (SSSR count). The van der Waals surface area contributed by atoms with E-state index in [2.05, 4.69) is 5.16 Å². The molecule has 0 fully saturated rings. The molecule has 0 spiro atoms. The zero-order valence-electron chi connectivity index (χ0n) is 19.1. The lowest BCUT2D eigenvalue weighted by Crippen LogP contribution is -2.16. The second-order valence-electron chi connectivity index (χ2n) is 7.19. The molecule has 7 nitrogen and oxygen atoms in total. The van der Waals surface area contributed by atoms with Gasteiger partial charge >= 0.3 is 5.97 Å². The van der Waals surface area contributed by atoms with Crippen molar-refractivity contribution in [3.8, 4) is 17.2 Å². The first-order valence-corrected chi connectivity index (χ1v) is 10.7. The number of carbonyl (C=O) groups is 1. The molecule has 0 radical (unpaired) electrons. The van der Waals surface area contributed by atoms with Gasteiger partial charge in [0, 0.05) is 16.7 Å². The molecule has 0 saturated carbocycles. The van der Waals surface area contributed by atoms with Crippen molar-refractivity contribution in [2.75, 3.05) is 14.2 Å². The molecule has 0 bridgehead atoms. The predicted molar refractivity (Wildman–Crippen MR) is 132 cm³/mol. The second kappa shape index (κ2) is 11.8. The molecule has 0 heterocycles. The number of para-hydroxylation sites is 1. The summed E-state index contributed by atoms with van der Waals surface area (Å²) in [5, 5.41) is 4.13. The van der Waals surface area contributed by atoms with Crippen LogP contribution in [0.1, 0.15) is 22.3 Å². The lowest BCUT2D eigenvalue weighted by molar-refractivity contribution is -0.137. The Morgan fingerprint density at radius 3 is 2.47 bits per heavy atom. The Bertz CT molecular complexity index is 1220. The summed E-state index contributed by atoms with van der Waals surface area (Å²) >= 11 is 5.99. The third-order valence-corrected chi connectivity index (χ3v) is 5.10. The molecule has 176 valence electrons. The Balaban J connectivity index is 1.68. The fourth-order valence-electron chi connectivity index (χ4n) is 3.11. The van der Waals surface area contributed by atoms with Crippen LogP contribution in [0, 0.1) is 6.92 Å². The number of benzene rings is 3. The molecule has 0 unspecified atom stereocenters. The van der Waals surface area contributed by atoms with Crippen molar-refractivity contribution < 1.29 is 23.8 Å². The van der Waals surface area contributed by atoms with E-state index in [-0.39, 0.29) is 5.84 Å². The van der Waals surface area contributed by atoms with Crippen LogP contribution in [-0.4, -0.2) is 26.0 Å². The summed E-state index contributed by atoms with van der Waals surface area (Å²) in [6.07, 6.45) is 2.85. The highest BCUT2D eigenvalue weighted by Crippen LogP contribution is 2.25. The number of ether oxygens (including phenoxy) is 3. The molecule has 3 aromatic rings. The molecule has 0 aliphatic heterocycles. The summed E-state index contributed by atoms with van der Waals surface area (Å²) in [5.41, 5.74) is 8.97. The van der Waals surface area contributed by atoms with E-state index in [1.54, 1.807) is 31.4 Å². The van der Waals surface area contributed by atoms with E-state index in [9.17, 15) is 4.79 Å². The highest BCUT2D eigenvalue weighted by Gasteiger charge is 2.10. The van der Waals surface area contributed by atoms with E-state index < -0.39 is 5.97 Å². The monoisotopic (exact) mass is 480 g/mol. The van der Waals surface area contributed by atoms with Crippen LogP contribution in [-0.2, 0) is 16.2 Å². The third-order valence-electron chi connectivity index (χ3n) is 4.86. The Hall–Kier alpha value is -3.97. The minimum atomic E-state index is -0.697. The number of aryl methyl sites for hydroxylation is 1. The van der Waals surface area contributed by atoms with Crippen LogP contribution in [0.4, 0.5) is 0 Å². The van der Waals surface area contributed by atoms with Crippen molar-refractivity contribution in [2.45, 2.75) is 13.5 Å². The molecule has 0 aliphatic rings. The van der Waals surface area contributed by atoms with Gasteiger partial charge in [-0.15, -0.1) is 0 Å². The topological polar surface area (TPSA) is 92.4 Å². The Labute approximate surface area is 203 Å². The van der Waals surface area contributed by atoms with Gasteiger partial charge in [-0.25, -0.2) is 4.79 Å². The zero-order valence-corrected chi connectivity index (χ0v) is 19.8. The summed E-state index contributed by atoms with van der Waals surface area (Å²) < 4.78 is 16.6. The SMILES string of the molecule is COc1ccc(/C=C\C(=O)O/N=C(\N)c2cc(Cl)ccc2OC)cc1COc1ccccc1C. The standard InChI is InChI=1S/C26H25ClN2O5/c1-17-6-4-5-7-22(17)33-16-19-14-18(8-11-23(19)31-2)9-13-25(30)34-29-26(28)21-15-20(27)10-12-24(21)32-3/h4-15H,16H2,1-3H3,(H2,28,29)/b13-9-. The first-order chi connectivity index (χ1) is 16.4. The van der Waals surface area contributed by atoms with Crippen molar-refractivity contribution in [3.05, 3.63) is 94.0 Å². The van der Waals surface area contributed by atoms with Gasteiger partial charge in [0.05, 0.1) is 19.8 Å². The van der Waals surface area contributed by atoms with Crippen molar-refractivity contribution >= 4 is 29.5 Å². The van der Waals surface area contributed by atoms with Gasteiger partial charge in [-0.2, -0.15) is 0 Å². The van der Waals surface area contributed by atoms with Gasteiger partial charge in [-0.1, -0.05) is 41.0 Å². The average Bonchev–Trinajstić information content (AvgIpc) is 2.85. The minimum Gasteiger partial charge on any atom is -0.496 e. The van der Waals surface area contributed by atoms with Gasteiger partial charge in [0.2, 0.25) is 0 Å². The fourth-order valence-corrected chi connectivity index (χ4v) is 3.28. The van der Waals surface area contributed by atoms with E-state index in [4.69, 9.17) is 36.4 Å². The van der Waals surface area contributed by atoms with Crippen LogP contribution in [0.15, 0.2) is 71.9 Å². The summed E-state index contributed by atoms with van der Waals surface area (Å²) in [6.45, 7) is 2.29. The lowest BCUT2D eigenvalue weighted by Gasteiger charge is -2.12. The van der Waals surface area contributed by atoms with Crippen LogP contribution >= 0.6 is 11.6 Å². The summed E-state index contributed by atoms with van der Waals surface area (Å²) in [4.78, 5) is 17.1. The number of hydrogen-bond acceptors (Lipinski definition) is 6. The molecular weight excluding hydrogens is 456 g/mol. The van der Waals surface area contributed by atoms with Crippen LogP contribution in [0.3, 0.4) is 0 Å². The number of rotatable bonds is 9. The highest BCUT2D eigenvalue weighted by molar-refractivity contribution is 6.31. The van der Waals surface area contributed by atoms with Gasteiger partial charge in [0.1, 0.15) is 23.9 Å². The van der Waals surface area contributed by atoms with E-state index >= 15 is 0 Å². The van der Waals surface area contributed by atoms with Crippen molar-refractivity contribution in [1.29, 1.82) is 0 Å². The number of carbonyl (C=O) groups excluding carboxylic acids is 1. The van der Waals surface area contributed by atoms with E-state index in [1.165, 1.54) is 13.2 Å². The number of methoxy groups -OCH3 is 2. The molecule has 0 aromatic heterocycles. The fraction of sp³-hybridized carbons (Fsp3) is 0.154.